The van der Waals surface area contributed by atoms with Crippen LogP contribution in [-0.4, -0.2) is 72.6 Å². The number of hydrogen-bond donors (Lipinski definition) is 2. The van der Waals surface area contributed by atoms with Crippen LogP contribution in [0.15, 0.2) is 84.9 Å². The maximum absolute atomic E-state index is 13.0. The van der Waals surface area contributed by atoms with E-state index in [1.165, 1.54) is 4.90 Å². The van der Waals surface area contributed by atoms with E-state index in [0.29, 0.717) is 59.6 Å². The van der Waals surface area contributed by atoms with Crippen LogP contribution >= 0.6 is 0 Å². The molecule has 0 unspecified atom stereocenters. The van der Waals surface area contributed by atoms with Gasteiger partial charge in [-0.1, -0.05) is 84.3 Å². The second kappa shape index (κ2) is 16.4. The Kier molecular flexibility index (Phi) is 13.4. The van der Waals surface area contributed by atoms with E-state index in [1.807, 2.05) is 38.4 Å². The average molecular weight is 619 g/mol. The van der Waals surface area contributed by atoms with Crippen molar-refractivity contribution in [2.45, 2.75) is 13.1 Å². The van der Waals surface area contributed by atoms with Crippen molar-refractivity contribution in [3.8, 4) is 45.3 Å². The van der Waals surface area contributed by atoms with Gasteiger partial charge in [0.25, 0.3) is 0 Å². The first-order valence-electron chi connectivity index (χ1n) is 13.3. The van der Waals surface area contributed by atoms with Crippen LogP contribution in [0.1, 0.15) is 11.1 Å². The molecule has 4 aromatic carbocycles. The SMILES string of the molecule is CN(C)C=O.CN(CCN(C)Cc1cccc(-c2ccccc2O)c1[O-])Cc1cccc(-c2ccccc2O)c1[O-].[Cu+2]. The minimum atomic E-state index is -0.0869. The van der Waals surface area contributed by atoms with Crippen LogP contribution in [0.2, 0.25) is 0 Å². The van der Waals surface area contributed by atoms with Crippen LogP contribution in [-0.2, 0) is 35.0 Å². The van der Waals surface area contributed by atoms with Gasteiger partial charge in [0.05, 0.1) is 0 Å². The summed E-state index contributed by atoms with van der Waals surface area (Å²) < 4.78 is 0. The molecule has 0 aliphatic rings. The number of carbonyl (C=O) groups is 1. The summed E-state index contributed by atoms with van der Waals surface area (Å²) >= 11 is 0. The van der Waals surface area contributed by atoms with Gasteiger partial charge in [-0.05, 0) is 48.5 Å². The summed E-state index contributed by atoms with van der Waals surface area (Å²) in [6.07, 6.45) is 0.750. The number of para-hydroxylation sites is 4. The largest absolute Gasteiger partial charge is 2.00 e. The molecule has 9 heteroatoms. The number of amides is 1. The smallest absolute Gasteiger partial charge is 0.872 e. The molecule has 1 radical (unpaired) electrons. The van der Waals surface area contributed by atoms with Crippen molar-refractivity contribution in [2.75, 3.05) is 41.3 Å². The van der Waals surface area contributed by atoms with E-state index in [-0.39, 0.29) is 40.1 Å². The molecular weight excluding hydrogens is 582 g/mol. The molecule has 1 amide bonds. The molecule has 42 heavy (non-hydrogen) atoms. The van der Waals surface area contributed by atoms with Gasteiger partial charge in [-0.15, -0.1) is 0 Å². The molecule has 0 aromatic heterocycles. The number of benzene rings is 4. The van der Waals surface area contributed by atoms with Gasteiger partial charge in [0.1, 0.15) is 11.5 Å². The van der Waals surface area contributed by atoms with Crippen LogP contribution in [0, 0.1) is 0 Å². The molecule has 0 fully saturated rings. The molecule has 225 valence electrons. The third-order valence-electron chi connectivity index (χ3n) is 6.54. The van der Waals surface area contributed by atoms with E-state index < -0.39 is 0 Å². The quantitative estimate of drug-likeness (QED) is 0.205. The maximum Gasteiger partial charge on any atom is 2.00 e. The van der Waals surface area contributed by atoms with E-state index in [9.17, 15) is 25.2 Å². The fraction of sp³-hybridized carbons (Fsp3) is 0.242. The number of likely N-dealkylation sites (N-methyl/N-ethyl adjacent to an activating group) is 2. The number of carbonyl (C=O) groups excluding carboxylic acids is 1. The third-order valence-corrected chi connectivity index (χ3v) is 6.54. The van der Waals surface area contributed by atoms with Crippen molar-refractivity contribution in [3.63, 3.8) is 0 Å². The van der Waals surface area contributed by atoms with Gasteiger partial charge in [0.15, 0.2) is 0 Å². The summed E-state index contributed by atoms with van der Waals surface area (Å²) in [5.41, 5.74) is 3.38. The molecule has 0 atom stereocenters. The molecule has 4 rings (SSSR count). The predicted octanol–water partition coefficient (Wildman–Crippen LogP) is 3.84. The molecule has 0 aliphatic heterocycles. The predicted molar refractivity (Wildman–Crippen MR) is 158 cm³/mol. The monoisotopic (exact) mass is 618 g/mol. The summed E-state index contributed by atoms with van der Waals surface area (Å²) in [6, 6.07) is 24.5. The van der Waals surface area contributed by atoms with Crippen LogP contribution in [0.3, 0.4) is 0 Å². The van der Waals surface area contributed by atoms with Crippen LogP contribution in [0.5, 0.6) is 23.0 Å². The summed E-state index contributed by atoms with van der Waals surface area (Å²) in [5.74, 6) is 0.00407. The van der Waals surface area contributed by atoms with Crippen LogP contribution < -0.4 is 10.2 Å². The molecule has 0 bridgehead atoms. The molecule has 0 spiro atoms. The Balaban J connectivity index is 0.000000947. The molecule has 0 aliphatic carbocycles. The third kappa shape index (κ3) is 9.26. The van der Waals surface area contributed by atoms with Gasteiger partial charge in [-0.25, -0.2) is 0 Å². The van der Waals surface area contributed by atoms with Crippen molar-refractivity contribution in [1.82, 2.24) is 14.7 Å². The van der Waals surface area contributed by atoms with Crippen LogP contribution in [0.4, 0.5) is 0 Å². The molecule has 0 heterocycles. The van der Waals surface area contributed by atoms with Crippen LogP contribution in [0.25, 0.3) is 22.3 Å². The first kappa shape index (κ1) is 34.2. The number of rotatable bonds is 10. The average Bonchev–Trinajstić information content (AvgIpc) is 2.95. The second-order valence-electron chi connectivity index (χ2n) is 10.2. The number of phenols is 2. The zero-order chi connectivity index (χ0) is 29.9. The van der Waals surface area contributed by atoms with Crippen molar-refractivity contribution in [3.05, 3.63) is 96.1 Å². The van der Waals surface area contributed by atoms with Gasteiger partial charge in [0.2, 0.25) is 6.41 Å². The summed E-state index contributed by atoms with van der Waals surface area (Å²) in [6.45, 7) is 2.35. The standard InChI is InChI=1S/C30H32N2O4.C3H7NO.Cu/c1-31(19-21-9-7-13-25(29(21)35)23-11-3-5-15-27(23)33)17-18-32(2)20-22-10-8-14-26(30(22)36)24-12-4-6-16-28(24)34;1-4(2)3-5;/h3-16,33-36H,17-20H2,1-2H3;3H,1-2H3;/q;;+2/p-2. The van der Waals surface area contributed by atoms with E-state index in [2.05, 4.69) is 9.80 Å². The van der Waals surface area contributed by atoms with E-state index in [0.717, 1.165) is 6.41 Å². The zero-order valence-corrected chi connectivity index (χ0v) is 25.2. The number of nitrogens with zero attached hydrogens (tertiary/aromatic N) is 3. The van der Waals surface area contributed by atoms with Crippen molar-refractivity contribution in [2.24, 2.45) is 0 Å². The first-order chi connectivity index (χ1) is 19.6. The minimum Gasteiger partial charge on any atom is -0.872 e. The molecule has 0 saturated heterocycles. The molecule has 0 saturated carbocycles. The van der Waals surface area contributed by atoms with Gasteiger partial charge in [-0.2, -0.15) is 0 Å². The summed E-state index contributed by atoms with van der Waals surface area (Å²) in [5, 5.41) is 46.4. The number of aromatic hydroxyl groups is 2. The summed E-state index contributed by atoms with van der Waals surface area (Å²) in [7, 11) is 7.29. The van der Waals surface area contributed by atoms with Crippen molar-refractivity contribution in [1.29, 1.82) is 0 Å². The fourth-order valence-electron chi connectivity index (χ4n) is 4.33. The zero-order valence-electron chi connectivity index (χ0n) is 24.3. The molecule has 4 aromatic rings. The Morgan fingerprint density at radius 3 is 1.26 bits per heavy atom. The Morgan fingerprint density at radius 1 is 0.595 bits per heavy atom. The first-order valence-corrected chi connectivity index (χ1v) is 13.3. The Hall–Kier alpha value is -4.01. The van der Waals surface area contributed by atoms with E-state index >= 15 is 0 Å². The van der Waals surface area contributed by atoms with E-state index in [1.54, 1.807) is 74.8 Å². The van der Waals surface area contributed by atoms with Crippen molar-refractivity contribution < 1.29 is 42.3 Å². The summed E-state index contributed by atoms with van der Waals surface area (Å²) in [4.78, 5) is 15.0. The van der Waals surface area contributed by atoms with Gasteiger partial charge in [-0.3, -0.25) is 4.79 Å². The second-order valence-corrected chi connectivity index (χ2v) is 10.2. The molecule has 2 N–H and O–H groups in total. The maximum atomic E-state index is 13.0. The Bertz CT molecular complexity index is 1340. The molecule has 8 nitrogen and oxygen atoms in total. The van der Waals surface area contributed by atoms with E-state index in [4.69, 9.17) is 0 Å². The Morgan fingerprint density at radius 2 is 0.929 bits per heavy atom. The van der Waals surface area contributed by atoms with Gasteiger partial charge < -0.3 is 35.1 Å². The fourth-order valence-corrected chi connectivity index (χ4v) is 4.33. The van der Waals surface area contributed by atoms with Crippen molar-refractivity contribution >= 4 is 6.41 Å². The Labute approximate surface area is 258 Å². The topological polar surface area (TPSA) is 113 Å². The number of hydrogen-bond acceptors (Lipinski definition) is 7. The number of phenolic OH excluding ortho intramolecular Hbond substituents is 2. The van der Waals surface area contributed by atoms with Gasteiger partial charge in [0, 0.05) is 51.4 Å². The van der Waals surface area contributed by atoms with Gasteiger partial charge >= 0.3 is 17.1 Å². The molecular formula is C33H37CuN3O5. The minimum absolute atomic E-state index is 0. The normalized spacial score (nSPS) is 10.5.